The minimum atomic E-state index is -0.587. The molecule has 9 heteroatoms. The lowest BCUT2D eigenvalue weighted by Gasteiger charge is -2.26. The normalized spacial score (nSPS) is 17.1. The molecule has 1 amide bonds. The molecular weight excluding hydrogens is 272 g/mol. The number of nitrogens with two attached hydrogens (primary N) is 1. The number of amides is 1. The monoisotopic (exact) mass is 286 g/mol. The second-order valence-electron chi connectivity index (χ2n) is 4.10. The number of carbonyl (C=O) groups is 1. The summed E-state index contributed by atoms with van der Waals surface area (Å²) in [6.45, 7) is 4.22. The Kier molecular flexibility index (Phi) is 4.33. The van der Waals surface area contributed by atoms with Crippen molar-refractivity contribution in [3.8, 4) is 0 Å². The molecule has 0 spiro atoms. The van der Waals surface area contributed by atoms with Crippen molar-refractivity contribution in [3.05, 3.63) is 5.28 Å². The molecule has 0 aliphatic carbocycles. The van der Waals surface area contributed by atoms with Gasteiger partial charge in [0.25, 0.3) is 0 Å². The SMILES string of the molecule is CC(Nc1nc(Cl)nc(N2CCOCC2)n1)C(N)=O. The summed E-state index contributed by atoms with van der Waals surface area (Å²) in [4.78, 5) is 25.2. The highest BCUT2D eigenvalue weighted by Gasteiger charge is 2.17. The Balaban J connectivity index is 2.16. The second-order valence-corrected chi connectivity index (χ2v) is 4.43. The largest absolute Gasteiger partial charge is 0.378 e. The number of aromatic nitrogens is 3. The number of hydrogen-bond donors (Lipinski definition) is 2. The minimum absolute atomic E-state index is 0.0654. The van der Waals surface area contributed by atoms with E-state index in [1.54, 1.807) is 6.92 Å². The van der Waals surface area contributed by atoms with Crippen molar-refractivity contribution in [2.24, 2.45) is 5.73 Å². The molecule has 1 aromatic heterocycles. The van der Waals surface area contributed by atoms with Gasteiger partial charge in [-0.05, 0) is 18.5 Å². The number of anilines is 2. The first-order chi connectivity index (χ1) is 9.06. The lowest BCUT2D eigenvalue weighted by atomic mass is 10.3. The van der Waals surface area contributed by atoms with Gasteiger partial charge in [-0.3, -0.25) is 4.79 Å². The summed E-state index contributed by atoms with van der Waals surface area (Å²) in [5.74, 6) is 0.194. The number of morpholine rings is 1. The van der Waals surface area contributed by atoms with Crippen LogP contribution in [0.25, 0.3) is 0 Å². The third kappa shape index (κ3) is 3.65. The fourth-order valence-electron chi connectivity index (χ4n) is 1.57. The van der Waals surface area contributed by atoms with E-state index < -0.39 is 11.9 Å². The molecular formula is C10H15ClN6O2. The van der Waals surface area contributed by atoms with Gasteiger partial charge in [0, 0.05) is 13.1 Å². The molecule has 1 saturated heterocycles. The first-order valence-corrected chi connectivity index (χ1v) is 6.24. The van der Waals surface area contributed by atoms with Gasteiger partial charge in [0.1, 0.15) is 6.04 Å². The van der Waals surface area contributed by atoms with E-state index in [4.69, 9.17) is 22.1 Å². The van der Waals surface area contributed by atoms with Gasteiger partial charge in [0.2, 0.25) is 23.1 Å². The maximum atomic E-state index is 11.0. The predicted octanol–water partition coefficient (Wildman–Crippen LogP) is -0.353. The minimum Gasteiger partial charge on any atom is -0.378 e. The van der Waals surface area contributed by atoms with Crippen molar-refractivity contribution in [2.45, 2.75) is 13.0 Å². The molecule has 0 saturated carbocycles. The zero-order valence-corrected chi connectivity index (χ0v) is 11.2. The van der Waals surface area contributed by atoms with Crippen molar-refractivity contribution in [1.29, 1.82) is 0 Å². The van der Waals surface area contributed by atoms with E-state index in [1.807, 2.05) is 4.90 Å². The number of nitrogens with one attached hydrogen (secondary N) is 1. The van der Waals surface area contributed by atoms with E-state index >= 15 is 0 Å². The summed E-state index contributed by atoms with van der Waals surface area (Å²) < 4.78 is 5.26. The van der Waals surface area contributed by atoms with Gasteiger partial charge >= 0.3 is 0 Å². The molecule has 8 nitrogen and oxygen atoms in total. The number of halogens is 1. The molecule has 19 heavy (non-hydrogen) atoms. The maximum Gasteiger partial charge on any atom is 0.239 e. The van der Waals surface area contributed by atoms with Gasteiger partial charge in [-0.1, -0.05) is 0 Å². The highest BCUT2D eigenvalue weighted by molar-refractivity contribution is 6.28. The highest BCUT2D eigenvalue weighted by Crippen LogP contribution is 2.15. The van der Waals surface area contributed by atoms with Crippen LogP contribution in [0.3, 0.4) is 0 Å². The Labute approximate surface area is 115 Å². The van der Waals surface area contributed by atoms with Crippen molar-refractivity contribution in [2.75, 3.05) is 36.5 Å². The third-order valence-corrected chi connectivity index (χ3v) is 2.83. The smallest absolute Gasteiger partial charge is 0.239 e. The average Bonchev–Trinajstić information content (AvgIpc) is 2.39. The summed E-state index contributed by atoms with van der Waals surface area (Å²) in [5.41, 5.74) is 5.17. The van der Waals surface area contributed by atoms with E-state index in [1.165, 1.54) is 0 Å². The molecule has 2 rings (SSSR count). The third-order valence-electron chi connectivity index (χ3n) is 2.66. The average molecular weight is 287 g/mol. The van der Waals surface area contributed by atoms with Crippen LogP contribution in [0.4, 0.5) is 11.9 Å². The van der Waals surface area contributed by atoms with E-state index in [0.29, 0.717) is 32.3 Å². The Hall–Kier alpha value is -1.67. The summed E-state index contributed by atoms with van der Waals surface area (Å²) in [5, 5.41) is 2.85. The van der Waals surface area contributed by atoms with Gasteiger partial charge in [-0.25, -0.2) is 0 Å². The molecule has 1 aromatic rings. The van der Waals surface area contributed by atoms with E-state index in [2.05, 4.69) is 20.3 Å². The molecule has 1 aliphatic heterocycles. The number of carbonyl (C=O) groups excluding carboxylic acids is 1. The first kappa shape index (κ1) is 13.8. The van der Waals surface area contributed by atoms with Crippen molar-refractivity contribution < 1.29 is 9.53 Å². The number of rotatable bonds is 4. The fraction of sp³-hybridized carbons (Fsp3) is 0.600. The van der Waals surface area contributed by atoms with E-state index in [0.717, 1.165) is 0 Å². The van der Waals surface area contributed by atoms with Crippen LogP contribution in [-0.4, -0.2) is 53.2 Å². The van der Waals surface area contributed by atoms with Crippen LogP contribution in [0, 0.1) is 0 Å². The molecule has 2 heterocycles. The number of nitrogens with zero attached hydrogens (tertiary/aromatic N) is 4. The van der Waals surface area contributed by atoms with Gasteiger partial charge in [0.05, 0.1) is 13.2 Å². The summed E-state index contributed by atoms with van der Waals surface area (Å²) in [7, 11) is 0. The van der Waals surface area contributed by atoms with Crippen molar-refractivity contribution >= 4 is 29.4 Å². The Morgan fingerprint density at radius 3 is 2.74 bits per heavy atom. The molecule has 0 aromatic carbocycles. The fourth-order valence-corrected chi connectivity index (χ4v) is 1.73. The lowest BCUT2D eigenvalue weighted by Crippen LogP contribution is -2.38. The number of ether oxygens (including phenoxy) is 1. The van der Waals surface area contributed by atoms with Gasteiger partial charge in [0.15, 0.2) is 0 Å². The molecule has 0 radical (unpaired) electrons. The first-order valence-electron chi connectivity index (χ1n) is 5.86. The quantitative estimate of drug-likeness (QED) is 0.779. The standard InChI is InChI=1S/C10H15ClN6O2/c1-6(7(12)18)13-9-14-8(11)15-10(16-9)17-2-4-19-5-3-17/h6H,2-5H2,1H3,(H2,12,18)(H,13,14,15,16). The van der Waals surface area contributed by atoms with E-state index in [9.17, 15) is 4.79 Å². The topological polar surface area (TPSA) is 106 Å². The molecule has 3 N–H and O–H groups in total. The van der Waals surface area contributed by atoms with Crippen LogP contribution >= 0.6 is 11.6 Å². The van der Waals surface area contributed by atoms with Crippen LogP contribution in [-0.2, 0) is 9.53 Å². The molecule has 1 unspecified atom stereocenters. The summed E-state index contributed by atoms with van der Waals surface area (Å²) in [6.07, 6.45) is 0. The van der Waals surface area contributed by atoms with Crippen LogP contribution in [0.5, 0.6) is 0 Å². The Morgan fingerprint density at radius 2 is 2.11 bits per heavy atom. The van der Waals surface area contributed by atoms with Crippen LogP contribution in [0.15, 0.2) is 0 Å². The van der Waals surface area contributed by atoms with Gasteiger partial charge < -0.3 is 20.7 Å². The Bertz CT molecular complexity index is 465. The zero-order chi connectivity index (χ0) is 13.8. The van der Waals surface area contributed by atoms with E-state index in [-0.39, 0.29) is 11.2 Å². The molecule has 0 bridgehead atoms. The van der Waals surface area contributed by atoms with Crippen LogP contribution in [0.1, 0.15) is 6.92 Å². The molecule has 104 valence electrons. The number of primary amides is 1. The Morgan fingerprint density at radius 1 is 1.42 bits per heavy atom. The van der Waals surface area contributed by atoms with Crippen molar-refractivity contribution in [3.63, 3.8) is 0 Å². The maximum absolute atomic E-state index is 11.0. The highest BCUT2D eigenvalue weighted by atomic mass is 35.5. The predicted molar refractivity (Wildman–Crippen MR) is 70.1 cm³/mol. The zero-order valence-electron chi connectivity index (χ0n) is 10.5. The van der Waals surface area contributed by atoms with Gasteiger partial charge in [-0.15, -0.1) is 0 Å². The molecule has 1 aliphatic rings. The summed E-state index contributed by atoms with van der Waals surface area (Å²) in [6, 6.07) is -0.587. The number of hydrogen-bond acceptors (Lipinski definition) is 7. The lowest BCUT2D eigenvalue weighted by molar-refractivity contribution is -0.118. The van der Waals surface area contributed by atoms with Gasteiger partial charge in [-0.2, -0.15) is 15.0 Å². The van der Waals surface area contributed by atoms with Crippen molar-refractivity contribution in [1.82, 2.24) is 15.0 Å². The summed E-state index contributed by atoms with van der Waals surface area (Å²) >= 11 is 5.86. The van der Waals surface area contributed by atoms with Crippen LogP contribution < -0.4 is 16.0 Å². The molecule has 1 atom stereocenters. The second kappa shape index (κ2) is 5.98. The van der Waals surface area contributed by atoms with Crippen LogP contribution in [0.2, 0.25) is 5.28 Å². The molecule has 1 fully saturated rings.